The SMILES string of the molecule is CCC(=O)N1CCNC1C=S. The van der Waals surface area contributed by atoms with Gasteiger partial charge in [0.05, 0.1) is 0 Å². The third-order valence-electron chi connectivity index (χ3n) is 1.79. The van der Waals surface area contributed by atoms with Crippen molar-refractivity contribution in [1.82, 2.24) is 10.2 Å². The Balaban J connectivity index is 2.56. The second-order valence-electron chi connectivity index (χ2n) is 2.48. The van der Waals surface area contributed by atoms with Gasteiger partial charge in [-0.15, -0.1) is 0 Å². The van der Waals surface area contributed by atoms with E-state index in [2.05, 4.69) is 5.32 Å². The molecule has 11 heavy (non-hydrogen) atoms. The lowest BCUT2D eigenvalue weighted by molar-refractivity contribution is -0.130. The number of nitrogens with one attached hydrogen (secondary N) is 1. The van der Waals surface area contributed by atoms with Gasteiger partial charge in [-0.3, -0.25) is 10.1 Å². The van der Waals surface area contributed by atoms with Crippen LogP contribution in [0.4, 0.5) is 0 Å². The summed E-state index contributed by atoms with van der Waals surface area (Å²) in [6, 6.07) is 0. The fourth-order valence-corrected chi connectivity index (χ4v) is 1.43. The molecule has 1 aliphatic rings. The van der Waals surface area contributed by atoms with Gasteiger partial charge in [-0.05, 0) is 0 Å². The van der Waals surface area contributed by atoms with Gasteiger partial charge >= 0.3 is 0 Å². The maximum Gasteiger partial charge on any atom is 0.223 e. The van der Waals surface area contributed by atoms with Crippen LogP contribution in [0, 0.1) is 0 Å². The van der Waals surface area contributed by atoms with E-state index in [1.807, 2.05) is 6.92 Å². The van der Waals surface area contributed by atoms with Crippen LogP contribution in [0.1, 0.15) is 13.3 Å². The van der Waals surface area contributed by atoms with Crippen LogP contribution < -0.4 is 5.32 Å². The molecule has 1 aliphatic heterocycles. The van der Waals surface area contributed by atoms with Crippen LogP contribution in [-0.4, -0.2) is 35.4 Å². The van der Waals surface area contributed by atoms with E-state index in [0.29, 0.717) is 6.42 Å². The van der Waals surface area contributed by atoms with Crippen molar-refractivity contribution < 1.29 is 4.79 Å². The van der Waals surface area contributed by atoms with Gasteiger partial charge in [-0.1, -0.05) is 19.1 Å². The molecule has 1 saturated heterocycles. The lowest BCUT2D eigenvalue weighted by Gasteiger charge is -2.19. The summed E-state index contributed by atoms with van der Waals surface area (Å²) < 4.78 is 0. The first-order valence-electron chi connectivity index (χ1n) is 3.77. The summed E-state index contributed by atoms with van der Waals surface area (Å²) in [4.78, 5) is 13.0. The molecule has 1 rings (SSSR count). The minimum atomic E-state index is -0.0163. The molecule has 3 nitrogen and oxygen atoms in total. The number of carbonyl (C=O) groups is 1. The summed E-state index contributed by atoms with van der Waals surface area (Å²) in [7, 11) is 0. The molecular weight excluding hydrogens is 160 g/mol. The highest BCUT2D eigenvalue weighted by molar-refractivity contribution is 7.79. The molecule has 0 aliphatic carbocycles. The first-order valence-corrected chi connectivity index (χ1v) is 4.25. The highest BCUT2D eigenvalue weighted by Crippen LogP contribution is 2.03. The Morgan fingerprint density at radius 2 is 2.64 bits per heavy atom. The number of amides is 1. The third-order valence-corrected chi connectivity index (χ3v) is 2.05. The first kappa shape index (κ1) is 8.62. The Labute approximate surface area is 71.8 Å². The molecule has 1 atom stereocenters. The van der Waals surface area contributed by atoms with Crippen molar-refractivity contribution in [3.63, 3.8) is 0 Å². The normalized spacial score (nSPS) is 23.7. The molecule has 1 N–H and O–H groups in total. The number of hydrogen-bond donors (Lipinski definition) is 1. The Morgan fingerprint density at radius 1 is 1.91 bits per heavy atom. The third kappa shape index (κ3) is 1.75. The van der Waals surface area contributed by atoms with E-state index < -0.39 is 0 Å². The Bertz CT molecular complexity index is 172. The van der Waals surface area contributed by atoms with Crippen LogP contribution >= 0.6 is 12.2 Å². The van der Waals surface area contributed by atoms with E-state index in [1.165, 1.54) is 0 Å². The van der Waals surface area contributed by atoms with Gasteiger partial charge in [0, 0.05) is 24.9 Å². The lowest BCUT2D eigenvalue weighted by atomic mass is 10.4. The van der Waals surface area contributed by atoms with Crippen molar-refractivity contribution in [3.05, 3.63) is 0 Å². The molecular formula is C7H12N2OS. The predicted octanol–water partition coefficient (Wildman–Crippen LogP) is 0.154. The molecule has 62 valence electrons. The largest absolute Gasteiger partial charge is 0.321 e. The van der Waals surface area contributed by atoms with E-state index in [1.54, 1.807) is 10.3 Å². The maximum absolute atomic E-state index is 11.2. The fourth-order valence-electron chi connectivity index (χ4n) is 1.19. The van der Waals surface area contributed by atoms with E-state index in [-0.39, 0.29) is 12.1 Å². The van der Waals surface area contributed by atoms with Gasteiger partial charge in [0.15, 0.2) is 0 Å². The van der Waals surface area contributed by atoms with Crippen LogP contribution in [-0.2, 0) is 4.79 Å². The van der Waals surface area contributed by atoms with Crippen LogP contribution in [0.3, 0.4) is 0 Å². The molecule has 1 unspecified atom stereocenters. The van der Waals surface area contributed by atoms with Crippen molar-refractivity contribution in [2.45, 2.75) is 19.5 Å². The molecule has 0 bridgehead atoms. The topological polar surface area (TPSA) is 32.3 Å². The summed E-state index contributed by atoms with van der Waals surface area (Å²) in [5.74, 6) is 0.168. The van der Waals surface area contributed by atoms with Crippen molar-refractivity contribution in [3.8, 4) is 0 Å². The Morgan fingerprint density at radius 3 is 3.18 bits per heavy atom. The minimum Gasteiger partial charge on any atom is -0.321 e. The smallest absolute Gasteiger partial charge is 0.223 e. The molecule has 0 aromatic carbocycles. The van der Waals surface area contributed by atoms with Crippen LogP contribution in [0.2, 0.25) is 0 Å². The minimum absolute atomic E-state index is 0.0163. The summed E-state index contributed by atoms with van der Waals surface area (Å²) in [5.41, 5.74) is 0. The summed E-state index contributed by atoms with van der Waals surface area (Å²) >= 11 is 4.77. The summed E-state index contributed by atoms with van der Waals surface area (Å²) in [5, 5.41) is 4.71. The highest BCUT2D eigenvalue weighted by atomic mass is 32.1. The van der Waals surface area contributed by atoms with Gasteiger partial charge in [0.25, 0.3) is 0 Å². The monoisotopic (exact) mass is 172 g/mol. The molecule has 0 saturated carbocycles. The highest BCUT2D eigenvalue weighted by Gasteiger charge is 2.24. The summed E-state index contributed by atoms with van der Waals surface area (Å²) in [6.07, 6.45) is 0.541. The lowest BCUT2D eigenvalue weighted by Crippen LogP contribution is -2.40. The number of carbonyl (C=O) groups excluding carboxylic acids is 1. The van der Waals surface area contributed by atoms with Crippen molar-refractivity contribution in [1.29, 1.82) is 0 Å². The van der Waals surface area contributed by atoms with Gasteiger partial charge in [-0.25, -0.2) is 0 Å². The number of hydrogen-bond acceptors (Lipinski definition) is 3. The average Bonchev–Trinajstić information content (AvgIpc) is 2.50. The second kappa shape index (κ2) is 3.78. The molecule has 0 spiro atoms. The quantitative estimate of drug-likeness (QED) is 0.602. The summed E-state index contributed by atoms with van der Waals surface area (Å²) in [6.45, 7) is 3.50. The van der Waals surface area contributed by atoms with E-state index in [9.17, 15) is 4.79 Å². The second-order valence-corrected chi connectivity index (χ2v) is 2.75. The van der Waals surface area contributed by atoms with Crippen LogP contribution in [0.25, 0.3) is 0 Å². The molecule has 4 heteroatoms. The Hall–Kier alpha value is -0.480. The zero-order chi connectivity index (χ0) is 8.27. The molecule has 1 amide bonds. The van der Waals surface area contributed by atoms with Crippen molar-refractivity contribution in [2.24, 2.45) is 0 Å². The van der Waals surface area contributed by atoms with Crippen molar-refractivity contribution in [2.75, 3.05) is 13.1 Å². The maximum atomic E-state index is 11.2. The Kier molecular flexibility index (Phi) is 2.96. The van der Waals surface area contributed by atoms with E-state index in [4.69, 9.17) is 12.2 Å². The van der Waals surface area contributed by atoms with Gasteiger partial charge in [0.2, 0.25) is 5.91 Å². The van der Waals surface area contributed by atoms with Crippen LogP contribution in [0.5, 0.6) is 0 Å². The van der Waals surface area contributed by atoms with Gasteiger partial charge in [0.1, 0.15) is 6.17 Å². The standard InChI is InChI=1S/C7H12N2OS/c1-2-7(10)9-4-3-8-6(9)5-11/h5-6,8H,2-4H2,1H3. The first-order chi connectivity index (χ1) is 5.29. The predicted molar refractivity (Wildman–Crippen MR) is 47.4 cm³/mol. The van der Waals surface area contributed by atoms with Gasteiger partial charge in [-0.2, -0.15) is 0 Å². The zero-order valence-corrected chi connectivity index (χ0v) is 7.36. The molecule has 0 aromatic heterocycles. The molecule has 1 fully saturated rings. The van der Waals surface area contributed by atoms with Gasteiger partial charge < -0.3 is 4.90 Å². The van der Waals surface area contributed by atoms with E-state index in [0.717, 1.165) is 13.1 Å². The fraction of sp³-hybridized carbons (Fsp3) is 0.714. The average molecular weight is 172 g/mol. The number of thiocarbonyl (C=S) groups is 1. The molecule has 0 radical (unpaired) electrons. The van der Waals surface area contributed by atoms with Crippen molar-refractivity contribution >= 4 is 23.5 Å². The molecule has 0 aromatic rings. The van der Waals surface area contributed by atoms with Crippen LogP contribution in [0.15, 0.2) is 0 Å². The number of nitrogens with zero attached hydrogens (tertiary/aromatic N) is 1. The zero-order valence-electron chi connectivity index (χ0n) is 6.54. The molecule has 1 heterocycles. The number of rotatable bonds is 2. The van der Waals surface area contributed by atoms with E-state index >= 15 is 0 Å².